The number of hydrogen-bond donors (Lipinski definition) is 0. The molecule has 0 aliphatic heterocycles. The van der Waals surface area contributed by atoms with Gasteiger partial charge < -0.3 is 9.47 Å². The van der Waals surface area contributed by atoms with E-state index >= 15 is 0 Å². The molecule has 0 spiro atoms. The molecule has 0 radical (unpaired) electrons. The molecule has 1 unspecified atom stereocenters. The van der Waals surface area contributed by atoms with E-state index in [1.165, 1.54) is 24.0 Å². The monoisotopic (exact) mass is 234 g/mol. The van der Waals surface area contributed by atoms with Crippen LogP contribution in [0.4, 0.5) is 0 Å². The van der Waals surface area contributed by atoms with Crippen molar-refractivity contribution in [3.05, 3.63) is 35.4 Å². The first-order chi connectivity index (χ1) is 8.28. The number of methoxy groups -OCH3 is 1. The van der Waals surface area contributed by atoms with Crippen LogP contribution in [0.15, 0.2) is 24.3 Å². The van der Waals surface area contributed by atoms with E-state index < -0.39 is 0 Å². The molecule has 94 valence electrons. The maximum absolute atomic E-state index is 5.82. The Morgan fingerprint density at radius 1 is 1.18 bits per heavy atom. The SMILES string of the molecule is COCc1ccc(CC(C)OCC2CC2)cc1. The van der Waals surface area contributed by atoms with E-state index in [0.29, 0.717) is 12.7 Å². The van der Waals surface area contributed by atoms with E-state index in [4.69, 9.17) is 9.47 Å². The quantitative estimate of drug-likeness (QED) is 0.721. The Bertz CT molecular complexity index is 327. The molecule has 0 amide bonds. The molecule has 0 aromatic heterocycles. The molecule has 1 fully saturated rings. The zero-order chi connectivity index (χ0) is 12.1. The zero-order valence-electron chi connectivity index (χ0n) is 10.8. The maximum atomic E-state index is 5.82. The minimum Gasteiger partial charge on any atom is -0.380 e. The van der Waals surface area contributed by atoms with E-state index in [0.717, 1.165) is 18.9 Å². The highest BCUT2D eigenvalue weighted by atomic mass is 16.5. The fraction of sp³-hybridized carbons (Fsp3) is 0.600. The zero-order valence-corrected chi connectivity index (χ0v) is 10.8. The Hall–Kier alpha value is -0.860. The van der Waals surface area contributed by atoms with Crippen LogP contribution in [-0.4, -0.2) is 19.8 Å². The van der Waals surface area contributed by atoms with Crippen molar-refractivity contribution in [3.8, 4) is 0 Å². The normalized spacial score (nSPS) is 17.1. The highest BCUT2D eigenvalue weighted by Gasteiger charge is 2.22. The van der Waals surface area contributed by atoms with Crippen molar-refractivity contribution in [1.82, 2.24) is 0 Å². The molecule has 17 heavy (non-hydrogen) atoms. The summed E-state index contributed by atoms with van der Waals surface area (Å²) in [4.78, 5) is 0. The first-order valence-electron chi connectivity index (χ1n) is 6.46. The van der Waals surface area contributed by atoms with Crippen LogP contribution in [0.2, 0.25) is 0 Å². The molecular weight excluding hydrogens is 212 g/mol. The van der Waals surface area contributed by atoms with Gasteiger partial charge in [-0.3, -0.25) is 0 Å². The lowest BCUT2D eigenvalue weighted by Gasteiger charge is -2.13. The fourth-order valence-corrected chi connectivity index (χ4v) is 1.91. The molecule has 1 aliphatic rings. The summed E-state index contributed by atoms with van der Waals surface area (Å²) in [6.45, 7) is 3.79. The van der Waals surface area contributed by atoms with Gasteiger partial charge in [0.1, 0.15) is 0 Å². The van der Waals surface area contributed by atoms with Gasteiger partial charge in [-0.25, -0.2) is 0 Å². The second-order valence-electron chi connectivity index (χ2n) is 5.04. The van der Waals surface area contributed by atoms with Crippen LogP contribution in [-0.2, 0) is 22.5 Å². The predicted molar refractivity (Wildman–Crippen MR) is 69.0 cm³/mol. The number of benzene rings is 1. The molecule has 0 heterocycles. The van der Waals surface area contributed by atoms with Gasteiger partial charge in [0.25, 0.3) is 0 Å². The lowest BCUT2D eigenvalue weighted by molar-refractivity contribution is 0.0587. The first kappa shape index (κ1) is 12.6. The van der Waals surface area contributed by atoms with Gasteiger partial charge in [-0.05, 0) is 43.2 Å². The minimum atomic E-state index is 0.323. The topological polar surface area (TPSA) is 18.5 Å². The van der Waals surface area contributed by atoms with E-state index in [-0.39, 0.29) is 0 Å². The van der Waals surface area contributed by atoms with Crippen LogP contribution >= 0.6 is 0 Å². The molecule has 2 nitrogen and oxygen atoms in total. The van der Waals surface area contributed by atoms with E-state index in [1.54, 1.807) is 7.11 Å². The Morgan fingerprint density at radius 3 is 2.41 bits per heavy atom. The van der Waals surface area contributed by atoms with Crippen LogP contribution < -0.4 is 0 Å². The fourth-order valence-electron chi connectivity index (χ4n) is 1.91. The van der Waals surface area contributed by atoms with Crippen LogP contribution in [0, 0.1) is 5.92 Å². The van der Waals surface area contributed by atoms with Crippen molar-refractivity contribution in [2.24, 2.45) is 5.92 Å². The number of hydrogen-bond acceptors (Lipinski definition) is 2. The molecule has 2 heteroatoms. The second kappa shape index (κ2) is 6.18. The smallest absolute Gasteiger partial charge is 0.0713 e. The van der Waals surface area contributed by atoms with Crippen LogP contribution in [0.1, 0.15) is 30.9 Å². The lowest BCUT2D eigenvalue weighted by atomic mass is 10.1. The molecule has 1 aromatic rings. The Balaban J connectivity index is 1.76. The summed E-state index contributed by atoms with van der Waals surface area (Å²) in [5.74, 6) is 0.849. The van der Waals surface area contributed by atoms with E-state index in [1.807, 2.05) is 0 Å². The van der Waals surface area contributed by atoms with Crippen LogP contribution in [0.25, 0.3) is 0 Å². The van der Waals surface area contributed by atoms with Gasteiger partial charge in [-0.1, -0.05) is 24.3 Å². The van der Waals surface area contributed by atoms with Gasteiger partial charge >= 0.3 is 0 Å². The number of rotatable bonds is 7. The summed E-state index contributed by atoms with van der Waals surface area (Å²) in [6.07, 6.45) is 4.04. The summed E-state index contributed by atoms with van der Waals surface area (Å²) in [7, 11) is 1.72. The molecule has 1 aliphatic carbocycles. The summed E-state index contributed by atoms with van der Waals surface area (Å²) >= 11 is 0. The summed E-state index contributed by atoms with van der Waals surface area (Å²) in [6, 6.07) is 8.61. The van der Waals surface area contributed by atoms with Crippen molar-refractivity contribution in [3.63, 3.8) is 0 Å². The minimum absolute atomic E-state index is 0.323. The first-order valence-corrected chi connectivity index (χ1v) is 6.46. The van der Waals surface area contributed by atoms with Crippen molar-refractivity contribution in [2.75, 3.05) is 13.7 Å². The van der Waals surface area contributed by atoms with Crippen LogP contribution in [0.5, 0.6) is 0 Å². The van der Waals surface area contributed by atoms with Gasteiger partial charge in [0.15, 0.2) is 0 Å². The lowest BCUT2D eigenvalue weighted by Crippen LogP contribution is -2.13. The van der Waals surface area contributed by atoms with E-state index in [9.17, 15) is 0 Å². The summed E-state index contributed by atoms with van der Waals surface area (Å²) in [5, 5.41) is 0. The van der Waals surface area contributed by atoms with Crippen molar-refractivity contribution in [2.45, 2.75) is 38.9 Å². The Labute approximate surface area is 104 Å². The Morgan fingerprint density at radius 2 is 1.82 bits per heavy atom. The van der Waals surface area contributed by atoms with Crippen molar-refractivity contribution in [1.29, 1.82) is 0 Å². The molecule has 1 saturated carbocycles. The third-order valence-electron chi connectivity index (χ3n) is 3.17. The second-order valence-corrected chi connectivity index (χ2v) is 5.04. The average molecular weight is 234 g/mol. The van der Waals surface area contributed by atoms with Crippen molar-refractivity contribution >= 4 is 0 Å². The molecule has 1 atom stereocenters. The molecule has 0 bridgehead atoms. The molecular formula is C15H22O2. The number of ether oxygens (including phenoxy) is 2. The molecule has 0 saturated heterocycles. The summed E-state index contributed by atoms with van der Waals surface area (Å²) < 4.78 is 10.9. The average Bonchev–Trinajstić information content (AvgIpc) is 3.13. The highest BCUT2D eigenvalue weighted by Crippen LogP contribution is 2.29. The molecule has 2 rings (SSSR count). The maximum Gasteiger partial charge on any atom is 0.0713 e. The summed E-state index contributed by atoms with van der Waals surface area (Å²) in [5.41, 5.74) is 2.57. The Kier molecular flexibility index (Phi) is 4.57. The third kappa shape index (κ3) is 4.49. The van der Waals surface area contributed by atoms with Crippen LogP contribution in [0.3, 0.4) is 0 Å². The molecule has 1 aromatic carbocycles. The van der Waals surface area contributed by atoms with Gasteiger partial charge in [0, 0.05) is 13.7 Å². The van der Waals surface area contributed by atoms with Gasteiger partial charge in [-0.15, -0.1) is 0 Å². The van der Waals surface area contributed by atoms with Crippen molar-refractivity contribution < 1.29 is 9.47 Å². The van der Waals surface area contributed by atoms with Gasteiger partial charge in [0.2, 0.25) is 0 Å². The predicted octanol–water partition coefficient (Wildman–Crippen LogP) is 3.19. The third-order valence-corrected chi connectivity index (χ3v) is 3.17. The molecule has 0 N–H and O–H groups in total. The standard InChI is InChI=1S/C15H22O2/c1-12(17-11-15-7-8-15)9-13-3-5-14(6-4-13)10-16-2/h3-6,12,15H,7-11H2,1-2H3. The largest absolute Gasteiger partial charge is 0.380 e. The van der Waals surface area contributed by atoms with Gasteiger partial charge in [0.05, 0.1) is 12.7 Å². The van der Waals surface area contributed by atoms with Gasteiger partial charge in [-0.2, -0.15) is 0 Å². The highest BCUT2D eigenvalue weighted by molar-refractivity contribution is 5.22. The van der Waals surface area contributed by atoms with E-state index in [2.05, 4.69) is 31.2 Å².